The molecule has 1 aromatic rings. The normalized spacial score (nSPS) is 15.6. The molecular formula is C16H27NO. The number of hydrogen-bond donors (Lipinski definition) is 1. The van der Waals surface area contributed by atoms with Crippen LogP contribution in [0.4, 0.5) is 0 Å². The van der Waals surface area contributed by atoms with Crippen LogP contribution < -0.4 is 10.5 Å². The number of nitrogens with two attached hydrogens (primary N) is 1. The topological polar surface area (TPSA) is 35.2 Å². The molecule has 0 saturated carbocycles. The molecule has 18 heavy (non-hydrogen) atoms. The van der Waals surface area contributed by atoms with Crippen molar-refractivity contribution in [2.24, 2.45) is 11.1 Å². The molecular weight excluding hydrogens is 222 g/mol. The number of benzene rings is 1. The van der Waals surface area contributed by atoms with Gasteiger partial charge in [-0.15, -0.1) is 0 Å². The standard InChI is InChI=1S/C16H27NO/c1-11(2)13-7-9-14(10-8-13)18-15(12(3)17)16(4,5)6/h7-12,15H,17H2,1-6H3. The van der Waals surface area contributed by atoms with Crippen molar-refractivity contribution in [1.82, 2.24) is 0 Å². The van der Waals surface area contributed by atoms with Gasteiger partial charge in [0.25, 0.3) is 0 Å². The summed E-state index contributed by atoms with van der Waals surface area (Å²) in [6, 6.07) is 8.34. The van der Waals surface area contributed by atoms with E-state index in [9.17, 15) is 0 Å². The van der Waals surface area contributed by atoms with Gasteiger partial charge in [0, 0.05) is 11.5 Å². The average Bonchev–Trinajstić information content (AvgIpc) is 2.24. The lowest BCUT2D eigenvalue weighted by atomic mass is 9.85. The Morgan fingerprint density at radius 3 is 1.83 bits per heavy atom. The van der Waals surface area contributed by atoms with Gasteiger partial charge in [0.1, 0.15) is 11.9 Å². The SMILES string of the molecule is CC(C)c1ccc(OC(C(C)N)C(C)(C)C)cc1. The van der Waals surface area contributed by atoms with Crippen LogP contribution in [0, 0.1) is 5.41 Å². The lowest BCUT2D eigenvalue weighted by Crippen LogP contribution is -2.45. The first-order chi connectivity index (χ1) is 8.21. The Kier molecular flexibility index (Phi) is 4.80. The van der Waals surface area contributed by atoms with Gasteiger partial charge in [0.15, 0.2) is 0 Å². The summed E-state index contributed by atoms with van der Waals surface area (Å²) in [5, 5.41) is 0. The van der Waals surface area contributed by atoms with Gasteiger partial charge >= 0.3 is 0 Å². The number of hydrogen-bond acceptors (Lipinski definition) is 2. The summed E-state index contributed by atoms with van der Waals surface area (Å²) < 4.78 is 6.05. The highest BCUT2D eigenvalue weighted by Gasteiger charge is 2.29. The Morgan fingerprint density at radius 2 is 1.50 bits per heavy atom. The summed E-state index contributed by atoms with van der Waals surface area (Å²) in [5.41, 5.74) is 7.39. The van der Waals surface area contributed by atoms with Crippen LogP contribution in [0.5, 0.6) is 5.75 Å². The van der Waals surface area contributed by atoms with E-state index in [4.69, 9.17) is 10.5 Å². The molecule has 0 heterocycles. The molecule has 2 heteroatoms. The van der Waals surface area contributed by atoms with Crippen molar-refractivity contribution in [2.75, 3.05) is 0 Å². The molecule has 0 fully saturated rings. The van der Waals surface area contributed by atoms with E-state index in [1.165, 1.54) is 5.56 Å². The van der Waals surface area contributed by atoms with Gasteiger partial charge in [-0.3, -0.25) is 0 Å². The van der Waals surface area contributed by atoms with Crippen LogP contribution in [-0.2, 0) is 0 Å². The zero-order valence-electron chi connectivity index (χ0n) is 12.5. The van der Waals surface area contributed by atoms with Gasteiger partial charge in [0.05, 0.1) is 0 Å². The summed E-state index contributed by atoms with van der Waals surface area (Å²) in [6.45, 7) is 12.8. The van der Waals surface area contributed by atoms with E-state index in [1.807, 2.05) is 19.1 Å². The van der Waals surface area contributed by atoms with E-state index >= 15 is 0 Å². The Balaban J connectivity index is 2.82. The lowest BCUT2D eigenvalue weighted by Gasteiger charge is -2.34. The quantitative estimate of drug-likeness (QED) is 0.877. The van der Waals surface area contributed by atoms with E-state index in [-0.39, 0.29) is 17.6 Å². The van der Waals surface area contributed by atoms with Crippen molar-refractivity contribution in [2.45, 2.75) is 59.6 Å². The Hall–Kier alpha value is -1.02. The molecule has 102 valence electrons. The van der Waals surface area contributed by atoms with E-state index in [0.717, 1.165) is 5.75 Å². The zero-order chi connectivity index (χ0) is 13.9. The third-order valence-corrected chi connectivity index (χ3v) is 3.14. The van der Waals surface area contributed by atoms with Gasteiger partial charge < -0.3 is 10.5 Å². The molecule has 2 unspecified atom stereocenters. The van der Waals surface area contributed by atoms with Crippen LogP contribution in [0.3, 0.4) is 0 Å². The van der Waals surface area contributed by atoms with Crippen molar-refractivity contribution in [1.29, 1.82) is 0 Å². The summed E-state index contributed by atoms with van der Waals surface area (Å²) in [6.07, 6.45) is 0.0161. The monoisotopic (exact) mass is 249 g/mol. The van der Waals surface area contributed by atoms with E-state index in [0.29, 0.717) is 5.92 Å². The molecule has 0 aliphatic rings. The van der Waals surface area contributed by atoms with Crippen LogP contribution in [0.2, 0.25) is 0 Å². The second-order valence-electron chi connectivity index (χ2n) is 6.49. The first kappa shape index (κ1) is 15.0. The Morgan fingerprint density at radius 1 is 1.00 bits per heavy atom. The average molecular weight is 249 g/mol. The van der Waals surface area contributed by atoms with Crippen LogP contribution >= 0.6 is 0 Å². The minimum Gasteiger partial charge on any atom is -0.488 e. The lowest BCUT2D eigenvalue weighted by molar-refractivity contribution is 0.0684. The van der Waals surface area contributed by atoms with Crippen molar-refractivity contribution < 1.29 is 4.74 Å². The van der Waals surface area contributed by atoms with E-state index in [2.05, 4.69) is 46.8 Å². The fourth-order valence-electron chi connectivity index (χ4n) is 2.15. The largest absolute Gasteiger partial charge is 0.488 e. The first-order valence-corrected chi connectivity index (χ1v) is 6.74. The molecule has 2 N–H and O–H groups in total. The molecule has 0 saturated heterocycles. The van der Waals surface area contributed by atoms with Gasteiger partial charge in [0.2, 0.25) is 0 Å². The third-order valence-electron chi connectivity index (χ3n) is 3.14. The maximum absolute atomic E-state index is 6.05. The summed E-state index contributed by atoms with van der Waals surface area (Å²) in [7, 11) is 0. The molecule has 0 aromatic heterocycles. The van der Waals surface area contributed by atoms with Gasteiger partial charge in [-0.2, -0.15) is 0 Å². The molecule has 0 amide bonds. The number of ether oxygens (including phenoxy) is 1. The van der Waals surface area contributed by atoms with Crippen LogP contribution in [-0.4, -0.2) is 12.1 Å². The minimum atomic E-state index is 0.00905. The summed E-state index contributed by atoms with van der Waals surface area (Å²) >= 11 is 0. The molecule has 2 atom stereocenters. The highest BCUT2D eigenvalue weighted by atomic mass is 16.5. The molecule has 0 radical (unpaired) electrons. The zero-order valence-corrected chi connectivity index (χ0v) is 12.5. The third kappa shape index (κ3) is 4.02. The fraction of sp³-hybridized carbons (Fsp3) is 0.625. The Bertz CT molecular complexity index is 360. The first-order valence-electron chi connectivity index (χ1n) is 6.74. The second kappa shape index (κ2) is 5.75. The molecule has 0 spiro atoms. The summed E-state index contributed by atoms with van der Waals surface area (Å²) in [5.74, 6) is 1.45. The summed E-state index contributed by atoms with van der Waals surface area (Å²) in [4.78, 5) is 0. The second-order valence-corrected chi connectivity index (χ2v) is 6.49. The Labute approximate surface area is 112 Å². The van der Waals surface area contributed by atoms with Crippen LogP contribution in [0.1, 0.15) is 53.0 Å². The van der Waals surface area contributed by atoms with Crippen molar-refractivity contribution in [3.05, 3.63) is 29.8 Å². The minimum absolute atomic E-state index is 0.00905. The molecule has 1 rings (SSSR count). The van der Waals surface area contributed by atoms with Crippen LogP contribution in [0.15, 0.2) is 24.3 Å². The maximum Gasteiger partial charge on any atom is 0.119 e. The highest BCUT2D eigenvalue weighted by molar-refractivity contribution is 5.29. The highest BCUT2D eigenvalue weighted by Crippen LogP contribution is 2.27. The van der Waals surface area contributed by atoms with Crippen molar-refractivity contribution in [3.63, 3.8) is 0 Å². The van der Waals surface area contributed by atoms with Gasteiger partial charge in [-0.25, -0.2) is 0 Å². The fourth-order valence-corrected chi connectivity index (χ4v) is 2.15. The maximum atomic E-state index is 6.05. The number of rotatable bonds is 4. The van der Waals surface area contributed by atoms with Gasteiger partial charge in [-0.05, 0) is 30.5 Å². The smallest absolute Gasteiger partial charge is 0.119 e. The van der Waals surface area contributed by atoms with E-state index in [1.54, 1.807) is 0 Å². The van der Waals surface area contributed by atoms with Crippen molar-refractivity contribution >= 4 is 0 Å². The molecule has 2 nitrogen and oxygen atoms in total. The molecule has 1 aromatic carbocycles. The predicted octanol–water partition coefficient (Wildman–Crippen LogP) is 3.95. The molecule has 0 aliphatic heterocycles. The molecule has 0 aliphatic carbocycles. The van der Waals surface area contributed by atoms with Crippen molar-refractivity contribution in [3.8, 4) is 5.75 Å². The van der Waals surface area contributed by atoms with E-state index < -0.39 is 0 Å². The molecule has 0 bridgehead atoms. The predicted molar refractivity (Wildman–Crippen MR) is 78.1 cm³/mol. The van der Waals surface area contributed by atoms with Gasteiger partial charge in [-0.1, -0.05) is 46.8 Å². The van der Waals surface area contributed by atoms with Crippen LogP contribution in [0.25, 0.3) is 0 Å².